The molecule has 0 fully saturated rings. The molecule has 0 amide bonds. The fourth-order valence-corrected chi connectivity index (χ4v) is 8.72. The molecule has 0 saturated heterocycles. The van der Waals surface area contributed by atoms with E-state index in [-0.39, 0.29) is 0 Å². The third kappa shape index (κ3) is 4.75. The Kier molecular flexibility index (Phi) is 8.11. The van der Waals surface area contributed by atoms with Crippen LogP contribution >= 0.6 is 34.0 Å². The van der Waals surface area contributed by atoms with Crippen LogP contribution in [-0.4, -0.2) is 0 Å². The largest absolute Gasteiger partial charge is 0.144 e. The summed E-state index contributed by atoms with van der Waals surface area (Å²) < 4.78 is 3.03. The minimum absolute atomic E-state index is 0.823. The summed E-state index contributed by atoms with van der Waals surface area (Å²) in [5, 5.41) is 10.9. The molecule has 0 spiro atoms. The van der Waals surface area contributed by atoms with Gasteiger partial charge in [-0.15, -0.1) is 34.0 Å². The van der Waals surface area contributed by atoms with Gasteiger partial charge in [0.1, 0.15) is 0 Å². The Labute approximate surface area is 200 Å². The van der Waals surface area contributed by atoms with Gasteiger partial charge in [0, 0.05) is 31.3 Å². The van der Waals surface area contributed by atoms with Crippen molar-refractivity contribution in [1.82, 2.24) is 0 Å². The summed E-state index contributed by atoms with van der Waals surface area (Å²) in [4.78, 5) is 3.35. The van der Waals surface area contributed by atoms with Crippen LogP contribution in [0.2, 0.25) is 0 Å². The highest BCUT2D eigenvalue weighted by atomic mass is 32.1. The third-order valence-electron chi connectivity index (χ3n) is 7.16. The van der Waals surface area contributed by atoms with E-state index in [0.29, 0.717) is 0 Å². The van der Waals surface area contributed by atoms with Crippen LogP contribution < -0.4 is 0 Å². The van der Waals surface area contributed by atoms with E-state index in [4.69, 9.17) is 0 Å². The number of rotatable bonds is 12. The van der Waals surface area contributed by atoms with Crippen LogP contribution in [0, 0.1) is 11.8 Å². The first kappa shape index (κ1) is 23.3. The Balaban J connectivity index is 1.86. The Hall–Kier alpha value is -0.900. The van der Waals surface area contributed by atoms with Gasteiger partial charge in [0.05, 0.1) is 9.40 Å². The molecule has 0 aliphatic carbocycles. The van der Waals surface area contributed by atoms with Gasteiger partial charge in [-0.25, -0.2) is 0 Å². The highest BCUT2D eigenvalue weighted by Crippen LogP contribution is 2.47. The molecular weight excluding hydrogens is 433 g/mol. The van der Waals surface area contributed by atoms with Crippen LogP contribution in [-0.2, 0) is 12.8 Å². The van der Waals surface area contributed by atoms with Crippen LogP contribution in [0.25, 0.3) is 30.9 Å². The summed E-state index contributed by atoms with van der Waals surface area (Å²) in [5.41, 5.74) is 0. The molecule has 3 heterocycles. The van der Waals surface area contributed by atoms with Crippen molar-refractivity contribution in [1.29, 1.82) is 0 Å². The zero-order valence-corrected chi connectivity index (χ0v) is 22.2. The maximum absolute atomic E-state index is 2.41. The fourth-order valence-electron chi connectivity index (χ4n) is 5.16. The van der Waals surface area contributed by atoms with E-state index in [0.717, 1.165) is 11.8 Å². The normalized spacial score (nSPS) is 14.2. The third-order valence-corrected chi connectivity index (χ3v) is 10.4. The predicted octanol–water partition coefficient (Wildman–Crippen LogP) is 10.8. The number of hydrogen-bond acceptors (Lipinski definition) is 3. The van der Waals surface area contributed by atoms with Crippen molar-refractivity contribution in [2.24, 2.45) is 11.8 Å². The van der Waals surface area contributed by atoms with E-state index in [9.17, 15) is 0 Å². The maximum atomic E-state index is 2.41. The van der Waals surface area contributed by atoms with E-state index in [1.165, 1.54) is 84.4 Å². The lowest BCUT2D eigenvalue weighted by molar-refractivity contribution is 0.452. The summed E-state index contributed by atoms with van der Waals surface area (Å²) in [7, 11) is 0. The maximum Gasteiger partial charge on any atom is 0.0527 e. The molecule has 4 rings (SSSR count). The summed E-state index contributed by atoms with van der Waals surface area (Å²) in [6.07, 6.45) is 13.3. The van der Waals surface area contributed by atoms with E-state index >= 15 is 0 Å². The molecule has 0 saturated carbocycles. The van der Waals surface area contributed by atoms with Gasteiger partial charge in [-0.2, -0.15) is 0 Å². The van der Waals surface area contributed by atoms with Gasteiger partial charge in [0.2, 0.25) is 0 Å². The first-order valence-electron chi connectivity index (χ1n) is 12.5. The molecule has 2 unspecified atom stereocenters. The lowest BCUT2D eigenvalue weighted by Crippen LogP contribution is -2.02. The van der Waals surface area contributed by atoms with Crippen LogP contribution in [0.4, 0.5) is 0 Å². The number of thiophene rings is 3. The van der Waals surface area contributed by atoms with E-state index in [1.54, 1.807) is 20.5 Å². The monoisotopic (exact) mass is 470 g/mol. The second-order valence-electron chi connectivity index (χ2n) is 9.27. The number of fused-ring (bicyclic) bond motifs is 6. The van der Waals surface area contributed by atoms with Crippen molar-refractivity contribution in [3.8, 4) is 0 Å². The molecule has 1 aromatic carbocycles. The van der Waals surface area contributed by atoms with Crippen molar-refractivity contribution in [2.75, 3.05) is 0 Å². The zero-order valence-electron chi connectivity index (χ0n) is 19.8. The smallest absolute Gasteiger partial charge is 0.0527 e. The fraction of sp³-hybridized carbons (Fsp3) is 0.571. The molecule has 2 atom stereocenters. The number of hydrogen-bond donors (Lipinski definition) is 0. The molecule has 4 aromatic rings. The minimum atomic E-state index is 0.823. The first-order valence-corrected chi connectivity index (χ1v) is 15.1. The van der Waals surface area contributed by atoms with Crippen molar-refractivity contribution in [3.63, 3.8) is 0 Å². The van der Waals surface area contributed by atoms with Gasteiger partial charge >= 0.3 is 0 Å². The lowest BCUT2D eigenvalue weighted by atomic mass is 9.91. The molecule has 3 aromatic heterocycles. The first-order chi connectivity index (χ1) is 15.2. The summed E-state index contributed by atoms with van der Waals surface area (Å²) in [6.45, 7) is 9.45. The summed E-state index contributed by atoms with van der Waals surface area (Å²) in [6, 6.07) is 4.81. The van der Waals surface area contributed by atoms with Gasteiger partial charge in [0.15, 0.2) is 0 Å². The van der Waals surface area contributed by atoms with E-state index in [2.05, 4.69) is 61.9 Å². The van der Waals surface area contributed by atoms with Crippen LogP contribution in [0.1, 0.15) is 88.8 Å². The summed E-state index contributed by atoms with van der Waals surface area (Å²) in [5.74, 6) is 1.65. The average Bonchev–Trinajstić information content (AvgIpc) is 3.51. The lowest BCUT2D eigenvalue weighted by Gasteiger charge is -2.14. The Bertz CT molecular complexity index is 1020. The molecule has 0 aliphatic heterocycles. The highest BCUT2D eigenvalue weighted by Gasteiger charge is 2.22. The SMILES string of the molecule is CCCCC(CC)Cc1sc(CC(CC)CCCC)c2c3ccsc3c3sccc3c12. The number of unbranched alkanes of at least 4 members (excludes halogenated alkanes) is 2. The number of benzene rings is 1. The van der Waals surface area contributed by atoms with E-state index in [1.807, 2.05) is 22.7 Å². The second-order valence-corrected chi connectivity index (χ2v) is 12.3. The standard InChI is InChI=1S/C28H38S3/c1-5-9-11-19(7-3)17-23-25-21-13-15-29-27(21)28-22(14-16-30-28)26(25)24(31-23)18-20(8-4)12-10-6-2/h13-16,19-20H,5-12,17-18H2,1-4H3. The molecule has 31 heavy (non-hydrogen) atoms. The van der Waals surface area contributed by atoms with Gasteiger partial charge < -0.3 is 0 Å². The van der Waals surface area contributed by atoms with Crippen LogP contribution in [0.5, 0.6) is 0 Å². The van der Waals surface area contributed by atoms with Gasteiger partial charge in [-0.05, 0) is 47.6 Å². The van der Waals surface area contributed by atoms with Crippen LogP contribution in [0.15, 0.2) is 22.9 Å². The molecule has 0 radical (unpaired) electrons. The highest BCUT2D eigenvalue weighted by molar-refractivity contribution is 7.26. The quantitative estimate of drug-likeness (QED) is 0.193. The minimum Gasteiger partial charge on any atom is -0.144 e. The topological polar surface area (TPSA) is 0 Å². The molecule has 0 nitrogen and oxygen atoms in total. The molecule has 0 N–H and O–H groups in total. The Morgan fingerprint density at radius 1 is 0.677 bits per heavy atom. The van der Waals surface area contributed by atoms with Crippen molar-refractivity contribution >= 4 is 65.0 Å². The van der Waals surface area contributed by atoms with E-state index < -0.39 is 0 Å². The van der Waals surface area contributed by atoms with Crippen molar-refractivity contribution in [2.45, 2.75) is 91.9 Å². The Morgan fingerprint density at radius 3 is 1.52 bits per heavy atom. The molecule has 3 heteroatoms. The van der Waals surface area contributed by atoms with Crippen molar-refractivity contribution in [3.05, 3.63) is 32.6 Å². The molecular formula is C28H38S3. The second kappa shape index (κ2) is 10.8. The molecule has 0 bridgehead atoms. The molecule has 0 aliphatic rings. The predicted molar refractivity (Wildman–Crippen MR) is 147 cm³/mol. The van der Waals surface area contributed by atoms with Crippen LogP contribution in [0.3, 0.4) is 0 Å². The molecule has 168 valence electrons. The van der Waals surface area contributed by atoms with Gasteiger partial charge in [0.25, 0.3) is 0 Å². The average molecular weight is 471 g/mol. The van der Waals surface area contributed by atoms with Gasteiger partial charge in [-0.3, -0.25) is 0 Å². The Morgan fingerprint density at radius 2 is 1.13 bits per heavy atom. The zero-order chi connectivity index (χ0) is 21.8. The van der Waals surface area contributed by atoms with Gasteiger partial charge in [-0.1, -0.05) is 79.1 Å². The summed E-state index contributed by atoms with van der Waals surface area (Å²) >= 11 is 6.05. The van der Waals surface area contributed by atoms with Crippen molar-refractivity contribution < 1.29 is 0 Å².